The Morgan fingerprint density at radius 3 is 2.71 bits per heavy atom. The van der Waals surface area contributed by atoms with E-state index in [1.165, 1.54) is 6.07 Å². The van der Waals surface area contributed by atoms with E-state index in [4.69, 9.17) is 4.74 Å². The van der Waals surface area contributed by atoms with Gasteiger partial charge >= 0.3 is 5.97 Å². The van der Waals surface area contributed by atoms with Gasteiger partial charge in [-0.3, -0.25) is 4.79 Å². The summed E-state index contributed by atoms with van der Waals surface area (Å²) in [5, 5.41) is 9.96. The predicted octanol–water partition coefficient (Wildman–Crippen LogP) is 2.84. The normalized spacial score (nSPS) is 14.2. The fourth-order valence-corrected chi connectivity index (χ4v) is 2.88. The molecule has 1 aliphatic rings. The van der Waals surface area contributed by atoms with Crippen molar-refractivity contribution in [2.24, 2.45) is 0 Å². The lowest BCUT2D eigenvalue weighted by atomic mass is 10.1. The second-order valence-corrected chi connectivity index (χ2v) is 5.89. The van der Waals surface area contributed by atoms with E-state index in [0.29, 0.717) is 12.1 Å². The highest BCUT2D eigenvalue weighted by Crippen LogP contribution is 2.28. The topological polar surface area (TPSA) is 66.8 Å². The van der Waals surface area contributed by atoms with Crippen LogP contribution in [0.5, 0.6) is 5.75 Å². The summed E-state index contributed by atoms with van der Waals surface area (Å²) in [6, 6.07) is 12.5. The number of benzene rings is 2. The van der Waals surface area contributed by atoms with E-state index < -0.39 is 12.1 Å². The minimum Gasteiger partial charge on any atom is -0.507 e. The number of carbonyl (C=O) groups is 2. The Morgan fingerprint density at radius 1 is 1.17 bits per heavy atom. The summed E-state index contributed by atoms with van der Waals surface area (Å²) >= 11 is 0. The Kier molecular flexibility index (Phi) is 4.25. The van der Waals surface area contributed by atoms with Gasteiger partial charge < -0.3 is 14.7 Å². The van der Waals surface area contributed by atoms with Crippen LogP contribution in [0.4, 0.5) is 5.69 Å². The maximum atomic E-state index is 12.6. The molecule has 2 aromatic rings. The maximum Gasteiger partial charge on any atom is 0.342 e. The van der Waals surface area contributed by atoms with Crippen molar-refractivity contribution >= 4 is 17.6 Å². The quantitative estimate of drug-likeness (QED) is 0.881. The van der Waals surface area contributed by atoms with Crippen LogP contribution in [-0.4, -0.2) is 29.6 Å². The monoisotopic (exact) mass is 325 g/mol. The molecule has 0 saturated heterocycles. The van der Waals surface area contributed by atoms with Gasteiger partial charge in [-0.05, 0) is 43.5 Å². The van der Waals surface area contributed by atoms with Crippen LogP contribution in [-0.2, 0) is 16.0 Å². The molecule has 1 N–H and O–H groups in total. The molecular formula is C19H19NO4. The second kappa shape index (κ2) is 6.35. The van der Waals surface area contributed by atoms with Crippen molar-refractivity contribution in [3.05, 3.63) is 59.2 Å². The average Bonchev–Trinajstić information content (AvgIpc) is 3.00. The molecule has 2 aromatic carbocycles. The molecule has 5 heteroatoms. The molecule has 1 heterocycles. The summed E-state index contributed by atoms with van der Waals surface area (Å²) in [4.78, 5) is 26.5. The van der Waals surface area contributed by atoms with Gasteiger partial charge in [-0.15, -0.1) is 0 Å². The van der Waals surface area contributed by atoms with Crippen molar-refractivity contribution in [1.29, 1.82) is 0 Å². The molecule has 0 radical (unpaired) electrons. The number of anilines is 1. The number of para-hydroxylation sites is 2. The van der Waals surface area contributed by atoms with E-state index in [-0.39, 0.29) is 17.2 Å². The second-order valence-electron chi connectivity index (χ2n) is 5.89. The summed E-state index contributed by atoms with van der Waals surface area (Å²) in [6.45, 7) is 3.83. The SMILES string of the molecule is Cc1cccc(C(=O)O[C@@H](C)C(=O)N2CCc3ccccc32)c1O. The minimum atomic E-state index is -0.927. The molecule has 1 atom stereocenters. The zero-order valence-electron chi connectivity index (χ0n) is 13.7. The first kappa shape index (κ1) is 16.1. The first-order chi connectivity index (χ1) is 11.5. The highest BCUT2D eigenvalue weighted by atomic mass is 16.5. The lowest BCUT2D eigenvalue weighted by molar-refractivity contribution is -0.126. The number of hydrogen-bond donors (Lipinski definition) is 1. The number of aromatic hydroxyl groups is 1. The number of aryl methyl sites for hydroxylation is 1. The number of nitrogens with zero attached hydrogens (tertiary/aromatic N) is 1. The minimum absolute atomic E-state index is 0.0662. The number of amides is 1. The molecule has 0 aliphatic carbocycles. The fraction of sp³-hybridized carbons (Fsp3) is 0.263. The smallest absolute Gasteiger partial charge is 0.342 e. The summed E-state index contributed by atoms with van der Waals surface area (Å²) in [5.41, 5.74) is 2.62. The number of phenols is 1. The van der Waals surface area contributed by atoms with Crippen molar-refractivity contribution in [1.82, 2.24) is 0 Å². The number of phenolic OH excluding ortho intramolecular Hbond substituents is 1. The van der Waals surface area contributed by atoms with Gasteiger partial charge in [0.1, 0.15) is 11.3 Å². The van der Waals surface area contributed by atoms with Crippen molar-refractivity contribution in [2.75, 3.05) is 11.4 Å². The van der Waals surface area contributed by atoms with E-state index in [1.807, 2.05) is 24.3 Å². The number of fused-ring (bicyclic) bond motifs is 1. The lowest BCUT2D eigenvalue weighted by Gasteiger charge is -2.22. The first-order valence-electron chi connectivity index (χ1n) is 7.88. The summed E-state index contributed by atoms with van der Waals surface area (Å²) in [7, 11) is 0. The van der Waals surface area contributed by atoms with Crippen molar-refractivity contribution in [2.45, 2.75) is 26.4 Å². The molecular weight excluding hydrogens is 306 g/mol. The van der Waals surface area contributed by atoms with E-state index >= 15 is 0 Å². The van der Waals surface area contributed by atoms with Gasteiger partial charge in [-0.25, -0.2) is 4.79 Å². The zero-order chi connectivity index (χ0) is 17.3. The van der Waals surface area contributed by atoms with Crippen LogP contribution in [0.25, 0.3) is 0 Å². The predicted molar refractivity (Wildman–Crippen MR) is 90.2 cm³/mol. The van der Waals surface area contributed by atoms with Crippen molar-refractivity contribution in [3.63, 3.8) is 0 Å². The molecule has 1 aliphatic heterocycles. The van der Waals surface area contributed by atoms with Crippen LogP contribution in [0.15, 0.2) is 42.5 Å². The Morgan fingerprint density at radius 2 is 1.92 bits per heavy atom. The van der Waals surface area contributed by atoms with E-state index in [1.54, 1.807) is 30.9 Å². The molecule has 124 valence electrons. The van der Waals surface area contributed by atoms with E-state index in [0.717, 1.165) is 17.7 Å². The summed E-state index contributed by atoms with van der Waals surface area (Å²) in [6.07, 6.45) is -0.134. The third-order valence-electron chi connectivity index (χ3n) is 4.24. The largest absolute Gasteiger partial charge is 0.507 e. The maximum absolute atomic E-state index is 12.6. The van der Waals surface area contributed by atoms with Crippen LogP contribution in [0.3, 0.4) is 0 Å². The van der Waals surface area contributed by atoms with Gasteiger partial charge in [0.2, 0.25) is 0 Å². The van der Waals surface area contributed by atoms with E-state index in [2.05, 4.69) is 0 Å². The van der Waals surface area contributed by atoms with Crippen LogP contribution in [0, 0.1) is 6.92 Å². The molecule has 0 unspecified atom stereocenters. The molecule has 3 rings (SSSR count). The van der Waals surface area contributed by atoms with Crippen LogP contribution < -0.4 is 4.90 Å². The molecule has 0 spiro atoms. The number of carbonyl (C=O) groups excluding carboxylic acids is 2. The van der Waals surface area contributed by atoms with Gasteiger partial charge in [-0.1, -0.05) is 30.3 Å². The van der Waals surface area contributed by atoms with E-state index in [9.17, 15) is 14.7 Å². The highest BCUT2D eigenvalue weighted by molar-refractivity contribution is 6.01. The summed E-state index contributed by atoms with van der Waals surface area (Å²) < 4.78 is 5.27. The van der Waals surface area contributed by atoms with Crippen LogP contribution in [0.1, 0.15) is 28.4 Å². The van der Waals surface area contributed by atoms with Gasteiger partial charge in [0, 0.05) is 12.2 Å². The zero-order valence-corrected chi connectivity index (χ0v) is 13.7. The molecule has 0 aromatic heterocycles. The number of rotatable bonds is 3. The average molecular weight is 325 g/mol. The Balaban J connectivity index is 1.73. The Bertz CT molecular complexity index is 800. The van der Waals surface area contributed by atoms with Crippen LogP contribution >= 0.6 is 0 Å². The molecule has 5 nitrogen and oxygen atoms in total. The molecule has 1 amide bonds. The third kappa shape index (κ3) is 2.85. The van der Waals surface area contributed by atoms with Gasteiger partial charge in [-0.2, -0.15) is 0 Å². The lowest BCUT2D eigenvalue weighted by Crippen LogP contribution is -2.39. The van der Waals surface area contributed by atoms with Crippen molar-refractivity contribution in [3.8, 4) is 5.75 Å². The first-order valence-corrected chi connectivity index (χ1v) is 7.88. The van der Waals surface area contributed by atoms with Gasteiger partial charge in [0.05, 0.1) is 0 Å². The standard InChI is InChI=1S/C19H19NO4/c1-12-6-5-8-15(17(12)21)19(23)24-13(2)18(22)20-11-10-14-7-3-4-9-16(14)20/h3-9,13,21H,10-11H2,1-2H3/t13-/m0/s1. The number of esters is 1. The van der Waals surface area contributed by atoms with Gasteiger partial charge in [0.25, 0.3) is 5.91 Å². The third-order valence-corrected chi connectivity index (χ3v) is 4.24. The molecule has 0 saturated carbocycles. The molecule has 0 fully saturated rings. The Hall–Kier alpha value is -2.82. The molecule has 0 bridgehead atoms. The van der Waals surface area contributed by atoms with Gasteiger partial charge in [0.15, 0.2) is 6.10 Å². The highest BCUT2D eigenvalue weighted by Gasteiger charge is 2.30. The van der Waals surface area contributed by atoms with Crippen LogP contribution in [0.2, 0.25) is 0 Å². The van der Waals surface area contributed by atoms with Crippen molar-refractivity contribution < 1.29 is 19.4 Å². The number of hydrogen-bond acceptors (Lipinski definition) is 4. The number of ether oxygens (including phenoxy) is 1. The Labute approximate surface area is 140 Å². The molecule has 24 heavy (non-hydrogen) atoms. The fourth-order valence-electron chi connectivity index (χ4n) is 2.88. The summed E-state index contributed by atoms with van der Waals surface area (Å²) in [5.74, 6) is -1.08.